The summed E-state index contributed by atoms with van der Waals surface area (Å²) in [5.74, 6) is -7.83. The number of Topliss-reactive ketones (excluding diaryl/α,β-unsaturated/α-hetero) is 1. The van der Waals surface area contributed by atoms with Crippen LogP contribution in [0, 0.1) is 29.6 Å². The van der Waals surface area contributed by atoms with E-state index in [4.69, 9.17) is 23.7 Å². The molecule has 4 aliphatic rings. The van der Waals surface area contributed by atoms with Crippen molar-refractivity contribution in [3.8, 4) is 0 Å². The molecule has 0 aromatic rings. The Morgan fingerprint density at radius 2 is 1.61 bits per heavy atom. The number of cyclic esters (lactones) is 1. The molecule has 1 aliphatic carbocycles. The topological polar surface area (TPSA) is 178 Å². The lowest BCUT2D eigenvalue weighted by Gasteiger charge is -2.47. The Labute approximate surface area is 332 Å². The number of ether oxygens (including phenoxy) is 5. The molecule has 3 heterocycles. The number of ketones is 2. The van der Waals surface area contributed by atoms with Crippen molar-refractivity contribution >= 4 is 23.4 Å². The van der Waals surface area contributed by atoms with Gasteiger partial charge in [-0.05, 0) is 101 Å². The Morgan fingerprint density at radius 3 is 2.25 bits per heavy atom. The van der Waals surface area contributed by atoms with Gasteiger partial charge in [-0.2, -0.15) is 0 Å². The van der Waals surface area contributed by atoms with Crippen molar-refractivity contribution in [1.29, 1.82) is 0 Å². The first-order chi connectivity index (χ1) is 26.5. The van der Waals surface area contributed by atoms with Gasteiger partial charge in [0.25, 0.3) is 11.7 Å². The van der Waals surface area contributed by atoms with E-state index in [-0.39, 0.29) is 43.6 Å². The van der Waals surface area contributed by atoms with E-state index in [1.807, 2.05) is 33.8 Å². The second-order valence-electron chi connectivity index (χ2n) is 16.7. The van der Waals surface area contributed by atoms with Crippen molar-refractivity contribution in [3.63, 3.8) is 0 Å². The van der Waals surface area contributed by atoms with Gasteiger partial charge in [0, 0.05) is 45.6 Å². The third kappa shape index (κ3) is 10.4. The minimum Gasteiger partial charge on any atom is -0.456 e. The van der Waals surface area contributed by atoms with E-state index >= 15 is 0 Å². The van der Waals surface area contributed by atoms with Crippen molar-refractivity contribution in [2.45, 2.75) is 154 Å². The minimum absolute atomic E-state index is 0.0410. The number of aliphatic hydroxyl groups excluding tert-OH is 2. The van der Waals surface area contributed by atoms with Gasteiger partial charge < -0.3 is 43.9 Å². The number of methoxy groups -OCH3 is 3. The zero-order valence-electron chi connectivity index (χ0n) is 34.8. The SMILES string of the molecule is CCC1/C=C(\C)C(O)C(C)CC(OC)C2OC(O)(C(=O)C(=O)N3CCCCC3C(=O)OC(C(C)=CC3CCC(O)C(OC)C3)C(C)/C=C/C1=O)C(C)CC2OC. The molecule has 3 aliphatic heterocycles. The van der Waals surface area contributed by atoms with E-state index in [9.17, 15) is 34.5 Å². The first-order valence-corrected chi connectivity index (χ1v) is 20.5. The van der Waals surface area contributed by atoms with Crippen LogP contribution in [0.5, 0.6) is 0 Å². The van der Waals surface area contributed by atoms with Crippen LogP contribution >= 0.6 is 0 Å². The Morgan fingerprint density at radius 1 is 0.946 bits per heavy atom. The zero-order valence-corrected chi connectivity index (χ0v) is 34.8. The molecule has 1 amide bonds. The van der Waals surface area contributed by atoms with E-state index in [1.165, 1.54) is 25.2 Å². The Balaban J connectivity index is 1.78. The fraction of sp³-hybridized carbons (Fsp3) is 0.767. The highest BCUT2D eigenvalue weighted by Crippen LogP contribution is 2.39. The van der Waals surface area contributed by atoms with Crippen LogP contribution in [0.2, 0.25) is 0 Å². The maximum absolute atomic E-state index is 14.2. The molecule has 14 atom stereocenters. The molecule has 1 saturated carbocycles. The lowest BCUT2D eigenvalue weighted by molar-refractivity contribution is -0.302. The van der Waals surface area contributed by atoms with Gasteiger partial charge in [-0.25, -0.2) is 4.79 Å². The molecular formula is C43H67NO12. The second-order valence-corrected chi connectivity index (χ2v) is 16.7. The van der Waals surface area contributed by atoms with Gasteiger partial charge in [0.15, 0.2) is 5.78 Å². The van der Waals surface area contributed by atoms with Crippen molar-refractivity contribution in [2.24, 2.45) is 29.6 Å². The van der Waals surface area contributed by atoms with Crippen LogP contribution in [0.25, 0.3) is 0 Å². The molecule has 13 nitrogen and oxygen atoms in total. The third-order valence-corrected chi connectivity index (χ3v) is 12.7. The fourth-order valence-corrected chi connectivity index (χ4v) is 9.00. The van der Waals surface area contributed by atoms with E-state index < -0.39 is 89.8 Å². The Kier molecular flexibility index (Phi) is 16.6. The van der Waals surface area contributed by atoms with Crippen molar-refractivity contribution in [3.05, 3.63) is 35.5 Å². The van der Waals surface area contributed by atoms with Crippen molar-refractivity contribution in [2.75, 3.05) is 27.9 Å². The average molecular weight is 790 g/mol. The third-order valence-electron chi connectivity index (χ3n) is 12.7. The van der Waals surface area contributed by atoms with Crippen LogP contribution < -0.4 is 0 Å². The van der Waals surface area contributed by atoms with Crippen LogP contribution in [-0.2, 0) is 42.9 Å². The van der Waals surface area contributed by atoms with Crippen LogP contribution in [-0.4, -0.2) is 126 Å². The van der Waals surface area contributed by atoms with Gasteiger partial charge in [-0.1, -0.05) is 45.9 Å². The van der Waals surface area contributed by atoms with E-state index in [1.54, 1.807) is 33.1 Å². The lowest BCUT2D eigenvalue weighted by Crippen LogP contribution is -2.64. The van der Waals surface area contributed by atoms with Crippen LogP contribution in [0.1, 0.15) is 99.3 Å². The maximum atomic E-state index is 14.2. The molecule has 56 heavy (non-hydrogen) atoms. The quantitative estimate of drug-likeness (QED) is 0.198. The van der Waals surface area contributed by atoms with E-state index in [0.29, 0.717) is 44.1 Å². The van der Waals surface area contributed by atoms with Gasteiger partial charge in [-0.15, -0.1) is 0 Å². The standard InChI is InChI=1S/C43H67NO12/c1-10-30-20-25(3)37(47)26(4)21-35(53-8)39-36(54-9)22-28(6)43(51,56-39)40(48)41(49)44-18-12-11-13-31(44)42(50)55-38(24(2)14-16-32(30)45)27(5)19-29-15-17-33(46)34(23-29)52-7/h14,16,19-20,24,26,28-31,33-39,46-47,51H,10-13,15,17-18,21-23H2,1-9H3/b16-14+,25-20+,27-19?. The summed E-state index contributed by atoms with van der Waals surface area (Å²) in [7, 11) is 4.54. The number of carbonyl (C=O) groups excluding carboxylic acids is 4. The fourth-order valence-electron chi connectivity index (χ4n) is 9.00. The van der Waals surface area contributed by atoms with Crippen LogP contribution in [0.15, 0.2) is 35.5 Å². The predicted octanol–water partition coefficient (Wildman–Crippen LogP) is 4.25. The number of amides is 1. The normalized spacial score (nSPS) is 41.9. The maximum Gasteiger partial charge on any atom is 0.329 e. The monoisotopic (exact) mass is 789 g/mol. The molecule has 0 aromatic heterocycles. The minimum atomic E-state index is -2.54. The molecule has 2 bridgehead atoms. The molecule has 4 rings (SSSR count). The van der Waals surface area contributed by atoms with Crippen molar-refractivity contribution < 1.29 is 58.2 Å². The molecule has 0 spiro atoms. The Hall–Kier alpha value is -2.78. The number of fused-ring (bicyclic) bond motifs is 3. The number of nitrogens with zero attached hydrogens (tertiary/aromatic N) is 1. The molecule has 3 fully saturated rings. The number of hydrogen-bond acceptors (Lipinski definition) is 12. The average Bonchev–Trinajstić information content (AvgIpc) is 3.19. The highest BCUT2D eigenvalue weighted by Gasteiger charge is 2.56. The number of piperidine rings is 1. The van der Waals surface area contributed by atoms with Gasteiger partial charge in [0.2, 0.25) is 5.79 Å². The van der Waals surface area contributed by atoms with Crippen molar-refractivity contribution in [1.82, 2.24) is 4.90 Å². The van der Waals surface area contributed by atoms with E-state index in [0.717, 1.165) is 5.57 Å². The second kappa shape index (κ2) is 20.3. The number of rotatable bonds is 6. The summed E-state index contributed by atoms with van der Waals surface area (Å²) in [6, 6.07) is -1.10. The number of aliphatic hydroxyl groups is 3. The molecule has 0 radical (unpaired) electrons. The Bertz CT molecular complexity index is 1480. The molecule has 14 unspecified atom stereocenters. The number of esters is 1. The summed E-state index contributed by atoms with van der Waals surface area (Å²) < 4.78 is 29.6. The molecule has 3 N–H and O–H groups in total. The molecule has 316 valence electrons. The first kappa shape index (κ1) is 45.9. The molecular weight excluding hydrogens is 722 g/mol. The molecule has 13 heteroatoms. The highest BCUT2D eigenvalue weighted by molar-refractivity contribution is 6.39. The number of allylic oxidation sites excluding steroid dienone is 3. The first-order valence-electron chi connectivity index (χ1n) is 20.5. The zero-order chi connectivity index (χ0) is 41.5. The van der Waals surface area contributed by atoms with Gasteiger partial charge in [-0.3, -0.25) is 14.4 Å². The summed E-state index contributed by atoms with van der Waals surface area (Å²) in [6.07, 6.45) is 6.18. The van der Waals surface area contributed by atoms with Gasteiger partial charge in [0.05, 0.1) is 30.5 Å². The summed E-state index contributed by atoms with van der Waals surface area (Å²) in [6.45, 7) is 11.0. The van der Waals surface area contributed by atoms with Gasteiger partial charge in [0.1, 0.15) is 18.2 Å². The number of hydrogen-bond donors (Lipinski definition) is 3. The van der Waals surface area contributed by atoms with E-state index in [2.05, 4.69) is 0 Å². The summed E-state index contributed by atoms with van der Waals surface area (Å²) >= 11 is 0. The number of carbonyl (C=O) groups is 4. The highest BCUT2D eigenvalue weighted by atomic mass is 16.7. The van der Waals surface area contributed by atoms with Gasteiger partial charge >= 0.3 is 5.97 Å². The summed E-state index contributed by atoms with van der Waals surface area (Å²) in [4.78, 5) is 57.5. The van der Waals surface area contributed by atoms with Crippen LogP contribution in [0.4, 0.5) is 0 Å². The summed E-state index contributed by atoms with van der Waals surface area (Å²) in [5.41, 5.74) is 1.35. The summed E-state index contributed by atoms with van der Waals surface area (Å²) in [5, 5.41) is 33.9. The molecule has 2 saturated heterocycles. The molecule has 0 aromatic carbocycles. The predicted molar refractivity (Wildman–Crippen MR) is 208 cm³/mol. The smallest absolute Gasteiger partial charge is 0.329 e. The van der Waals surface area contributed by atoms with Crippen LogP contribution in [0.3, 0.4) is 0 Å². The lowest BCUT2D eigenvalue weighted by atomic mass is 9.81. The largest absolute Gasteiger partial charge is 0.456 e.